The van der Waals surface area contributed by atoms with Gasteiger partial charge in [-0.25, -0.2) is 0 Å². The van der Waals surface area contributed by atoms with Gasteiger partial charge in [0.05, 0.1) is 13.2 Å². The minimum Gasteiger partial charge on any atom is -0.377 e. The Morgan fingerprint density at radius 3 is 2.47 bits per heavy atom. The molecule has 1 heterocycles. The quantitative estimate of drug-likeness (QED) is 0.424. The molecule has 0 aliphatic carbocycles. The summed E-state index contributed by atoms with van der Waals surface area (Å²) in [4.78, 5) is 0. The first-order valence-electron chi connectivity index (χ1n) is 6.69. The summed E-state index contributed by atoms with van der Waals surface area (Å²) in [5, 5.41) is 0. The Hall–Kier alpha value is -0.300. The molecule has 88 valence electrons. The van der Waals surface area contributed by atoms with E-state index >= 15 is 0 Å². The molecule has 0 radical (unpaired) electrons. The Labute approximate surface area is 94.9 Å². The summed E-state index contributed by atoms with van der Waals surface area (Å²) in [7, 11) is 0. The number of hydrogen-bond acceptors (Lipinski definition) is 1. The van der Waals surface area contributed by atoms with Gasteiger partial charge in [0.1, 0.15) is 0 Å². The lowest BCUT2D eigenvalue weighted by Gasteiger charge is -1.99. The molecule has 0 atom stereocenters. The van der Waals surface area contributed by atoms with Crippen molar-refractivity contribution in [3.8, 4) is 0 Å². The molecule has 1 aliphatic heterocycles. The van der Waals surface area contributed by atoms with Crippen LogP contribution in [0.2, 0.25) is 0 Å². The fraction of sp³-hybridized carbons (Fsp3) is 0.857. The van der Waals surface area contributed by atoms with Crippen LogP contribution in [0.5, 0.6) is 0 Å². The maximum absolute atomic E-state index is 5.31. The second-order valence-electron chi connectivity index (χ2n) is 4.57. The molecule has 1 rings (SSSR count). The van der Waals surface area contributed by atoms with E-state index in [1.165, 1.54) is 63.4 Å². The smallest absolute Gasteiger partial charge is 0.0677 e. The van der Waals surface area contributed by atoms with E-state index < -0.39 is 0 Å². The van der Waals surface area contributed by atoms with E-state index in [1.54, 1.807) is 0 Å². The molecule has 0 aromatic carbocycles. The standard InChI is InChI=1S/C14H26O/c1-2-3-4-5-6-7-8-9-10-14-11-12-15-13-14/h10H,2-9,11-13H2,1H3. The van der Waals surface area contributed by atoms with Crippen LogP contribution in [0.1, 0.15) is 64.7 Å². The normalized spacial score (nSPS) is 18.9. The summed E-state index contributed by atoms with van der Waals surface area (Å²) in [6, 6.07) is 0. The third-order valence-electron chi connectivity index (χ3n) is 3.10. The average Bonchev–Trinajstić information content (AvgIpc) is 2.75. The van der Waals surface area contributed by atoms with Gasteiger partial charge in [0, 0.05) is 0 Å². The van der Waals surface area contributed by atoms with Crippen molar-refractivity contribution < 1.29 is 4.74 Å². The van der Waals surface area contributed by atoms with E-state index in [2.05, 4.69) is 13.0 Å². The lowest BCUT2D eigenvalue weighted by atomic mass is 10.1. The van der Waals surface area contributed by atoms with Crippen molar-refractivity contribution >= 4 is 0 Å². The van der Waals surface area contributed by atoms with Crippen molar-refractivity contribution in [2.24, 2.45) is 0 Å². The van der Waals surface area contributed by atoms with Gasteiger partial charge in [-0.3, -0.25) is 0 Å². The van der Waals surface area contributed by atoms with Gasteiger partial charge in [-0.15, -0.1) is 0 Å². The Kier molecular flexibility index (Phi) is 7.63. The highest BCUT2D eigenvalue weighted by molar-refractivity contribution is 5.05. The van der Waals surface area contributed by atoms with E-state index in [4.69, 9.17) is 4.74 Å². The largest absolute Gasteiger partial charge is 0.377 e. The first-order valence-corrected chi connectivity index (χ1v) is 6.69. The summed E-state index contributed by atoms with van der Waals surface area (Å²) in [5.41, 5.74) is 1.53. The number of hydrogen-bond donors (Lipinski definition) is 0. The number of rotatable bonds is 8. The van der Waals surface area contributed by atoms with Crippen molar-refractivity contribution in [1.82, 2.24) is 0 Å². The van der Waals surface area contributed by atoms with Gasteiger partial charge in [-0.05, 0) is 24.8 Å². The Morgan fingerprint density at radius 1 is 1.07 bits per heavy atom. The predicted molar refractivity (Wildman–Crippen MR) is 66.1 cm³/mol. The van der Waals surface area contributed by atoms with Crippen LogP contribution in [0.3, 0.4) is 0 Å². The summed E-state index contributed by atoms with van der Waals surface area (Å²) in [5.74, 6) is 0. The highest BCUT2D eigenvalue weighted by Crippen LogP contribution is 2.14. The molecule has 1 fully saturated rings. The second kappa shape index (κ2) is 8.96. The van der Waals surface area contributed by atoms with Crippen molar-refractivity contribution in [1.29, 1.82) is 0 Å². The minimum atomic E-state index is 0.899. The Morgan fingerprint density at radius 2 is 1.80 bits per heavy atom. The molecule has 0 saturated carbocycles. The molecule has 1 saturated heterocycles. The molecule has 1 aliphatic rings. The van der Waals surface area contributed by atoms with E-state index in [0.717, 1.165) is 13.2 Å². The van der Waals surface area contributed by atoms with Crippen LogP contribution < -0.4 is 0 Å². The SMILES string of the molecule is CCCCCCCCCC=C1CCOC1. The van der Waals surface area contributed by atoms with E-state index in [-0.39, 0.29) is 0 Å². The fourth-order valence-corrected chi connectivity index (χ4v) is 2.05. The van der Waals surface area contributed by atoms with Crippen LogP contribution in [0.15, 0.2) is 11.6 Å². The molecule has 1 heteroatoms. The van der Waals surface area contributed by atoms with Crippen molar-refractivity contribution in [3.05, 3.63) is 11.6 Å². The summed E-state index contributed by atoms with van der Waals surface area (Å²) in [6.45, 7) is 4.12. The zero-order valence-corrected chi connectivity index (χ0v) is 10.3. The molecular weight excluding hydrogens is 184 g/mol. The van der Waals surface area contributed by atoms with Gasteiger partial charge in [0.25, 0.3) is 0 Å². The zero-order valence-electron chi connectivity index (χ0n) is 10.3. The summed E-state index contributed by atoms with van der Waals surface area (Å²) in [6.07, 6.45) is 14.7. The summed E-state index contributed by atoms with van der Waals surface area (Å²) >= 11 is 0. The van der Waals surface area contributed by atoms with Crippen LogP contribution in [-0.4, -0.2) is 13.2 Å². The van der Waals surface area contributed by atoms with Gasteiger partial charge in [-0.2, -0.15) is 0 Å². The van der Waals surface area contributed by atoms with Crippen LogP contribution in [0.25, 0.3) is 0 Å². The van der Waals surface area contributed by atoms with Crippen molar-refractivity contribution in [2.75, 3.05) is 13.2 Å². The van der Waals surface area contributed by atoms with Crippen LogP contribution in [-0.2, 0) is 4.74 Å². The van der Waals surface area contributed by atoms with E-state index in [0.29, 0.717) is 0 Å². The maximum Gasteiger partial charge on any atom is 0.0677 e. The van der Waals surface area contributed by atoms with Crippen molar-refractivity contribution in [3.63, 3.8) is 0 Å². The van der Waals surface area contributed by atoms with Gasteiger partial charge in [0.2, 0.25) is 0 Å². The third kappa shape index (κ3) is 6.72. The lowest BCUT2D eigenvalue weighted by Crippen LogP contribution is -1.82. The van der Waals surface area contributed by atoms with Gasteiger partial charge in [0.15, 0.2) is 0 Å². The Balaban J connectivity index is 1.82. The molecule has 0 amide bonds. The molecule has 0 aromatic rings. The molecule has 0 unspecified atom stereocenters. The fourth-order valence-electron chi connectivity index (χ4n) is 2.05. The molecule has 1 nitrogen and oxygen atoms in total. The first kappa shape index (κ1) is 12.8. The highest BCUT2D eigenvalue weighted by atomic mass is 16.5. The second-order valence-corrected chi connectivity index (χ2v) is 4.57. The van der Waals surface area contributed by atoms with E-state index in [1.807, 2.05) is 0 Å². The molecule has 0 spiro atoms. The van der Waals surface area contributed by atoms with Gasteiger partial charge < -0.3 is 4.74 Å². The van der Waals surface area contributed by atoms with Crippen molar-refractivity contribution in [2.45, 2.75) is 64.7 Å². The van der Waals surface area contributed by atoms with Crippen LogP contribution in [0, 0.1) is 0 Å². The number of unbranched alkanes of at least 4 members (excludes halogenated alkanes) is 7. The Bertz CT molecular complexity index is 164. The first-order chi connectivity index (χ1) is 7.43. The maximum atomic E-state index is 5.31. The molecule has 15 heavy (non-hydrogen) atoms. The van der Waals surface area contributed by atoms with Crippen LogP contribution in [0.4, 0.5) is 0 Å². The molecule has 0 aromatic heterocycles. The van der Waals surface area contributed by atoms with E-state index in [9.17, 15) is 0 Å². The minimum absolute atomic E-state index is 0.899. The predicted octanol–water partition coefficient (Wildman–Crippen LogP) is 4.47. The molecular formula is C14H26O. The van der Waals surface area contributed by atoms with Gasteiger partial charge in [-0.1, -0.05) is 51.5 Å². The third-order valence-corrected chi connectivity index (χ3v) is 3.10. The molecule has 0 N–H and O–H groups in total. The average molecular weight is 210 g/mol. The van der Waals surface area contributed by atoms with Gasteiger partial charge >= 0.3 is 0 Å². The zero-order chi connectivity index (χ0) is 10.8. The number of allylic oxidation sites excluding steroid dienone is 1. The topological polar surface area (TPSA) is 9.23 Å². The summed E-state index contributed by atoms with van der Waals surface area (Å²) < 4.78 is 5.31. The number of ether oxygens (including phenoxy) is 1. The monoisotopic (exact) mass is 210 g/mol. The lowest BCUT2D eigenvalue weighted by molar-refractivity contribution is 0.204. The highest BCUT2D eigenvalue weighted by Gasteiger charge is 2.04. The molecule has 0 bridgehead atoms. The van der Waals surface area contributed by atoms with Crippen LogP contribution >= 0.6 is 0 Å².